The second-order valence-electron chi connectivity index (χ2n) is 4.27. The minimum atomic E-state index is -4.54. The first-order valence-corrected chi connectivity index (χ1v) is 6.28. The van der Waals surface area contributed by atoms with Gasteiger partial charge in [0.25, 0.3) is 0 Å². The van der Waals surface area contributed by atoms with E-state index >= 15 is 0 Å². The first-order valence-electron chi connectivity index (χ1n) is 6.28. The lowest BCUT2D eigenvalue weighted by Gasteiger charge is -2.12. The summed E-state index contributed by atoms with van der Waals surface area (Å²) in [5, 5.41) is 0. The van der Waals surface area contributed by atoms with E-state index in [4.69, 9.17) is 4.74 Å². The highest BCUT2D eigenvalue weighted by Crippen LogP contribution is 2.33. The second-order valence-corrected chi connectivity index (χ2v) is 4.27. The molecule has 0 heterocycles. The Hall–Kier alpha value is -1.52. The largest absolute Gasteiger partial charge is 0.494 e. The van der Waals surface area contributed by atoms with E-state index in [9.17, 15) is 18.0 Å². The Morgan fingerprint density at radius 3 is 2.53 bits per heavy atom. The van der Waals surface area contributed by atoms with Crippen LogP contribution in [-0.2, 0) is 6.18 Å². The number of carbonyl (C=O) groups excluding carboxylic acids is 1. The smallest absolute Gasteiger partial charge is 0.417 e. The number of aldehydes is 1. The molecule has 0 saturated carbocycles. The first-order chi connectivity index (χ1) is 8.99. The minimum absolute atomic E-state index is 0.148. The van der Waals surface area contributed by atoms with Crippen molar-refractivity contribution in [1.29, 1.82) is 0 Å². The van der Waals surface area contributed by atoms with Gasteiger partial charge in [0.15, 0.2) is 6.29 Å². The summed E-state index contributed by atoms with van der Waals surface area (Å²) in [6.45, 7) is 2.46. The minimum Gasteiger partial charge on any atom is -0.494 e. The maximum Gasteiger partial charge on any atom is 0.417 e. The van der Waals surface area contributed by atoms with Crippen LogP contribution in [0.2, 0.25) is 0 Å². The van der Waals surface area contributed by atoms with E-state index in [1.165, 1.54) is 6.07 Å². The van der Waals surface area contributed by atoms with Gasteiger partial charge in [-0.1, -0.05) is 26.2 Å². The molecule has 0 amide bonds. The monoisotopic (exact) mass is 274 g/mol. The molecule has 0 fully saturated rings. The summed E-state index contributed by atoms with van der Waals surface area (Å²) in [5.41, 5.74) is -1.32. The number of ether oxygens (including phenoxy) is 1. The number of carbonyl (C=O) groups is 1. The van der Waals surface area contributed by atoms with Gasteiger partial charge in [0.05, 0.1) is 12.2 Å². The fourth-order valence-corrected chi connectivity index (χ4v) is 1.69. The summed E-state index contributed by atoms with van der Waals surface area (Å²) >= 11 is 0. The Morgan fingerprint density at radius 2 is 1.95 bits per heavy atom. The van der Waals surface area contributed by atoms with Gasteiger partial charge in [-0.2, -0.15) is 13.2 Å². The number of hydrogen-bond acceptors (Lipinski definition) is 2. The molecule has 19 heavy (non-hydrogen) atoms. The van der Waals surface area contributed by atoms with Crippen LogP contribution < -0.4 is 4.74 Å². The van der Waals surface area contributed by atoms with E-state index in [2.05, 4.69) is 6.92 Å². The van der Waals surface area contributed by atoms with E-state index < -0.39 is 11.7 Å². The summed E-state index contributed by atoms with van der Waals surface area (Å²) in [6, 6.07) is 3.40. The Morgan fingerprint density at radius 1 is 1.21 bits per heavy atom. The fourth-order valence-electron chi connectivity index (χ4n) is 1.69. The molecule has 106 valence electrons. The number of alkyl halides is 3. The van der Waals surface area contributed by atoms with Crippen LogP contribution in [0.25, 0.3) is 0 Å². The van der Waals surface area contributed by atoms with E-state index in [1.807, 2.05) is 0 Å². The number of hydrogen-bond donors (Lipinski definition) is 0. The predicted octanol–water partition coefficient (Wildman–Crippen LogP) is 4.48. The van der Waals surface area contributed by atoms with Crippen LogP contribution in [0.3, 0.4) is 0 Å². The summed E-state index contributed by atoms with van der Waals surface area (Å²) in [5.74, 6) is 0.148. The molecule has 0 N–H and O–H groups in total. The quantitative estimate of drug-likeness (QED) is 0.541. The number of halogens is 3. The molecule has 1 aromatic carbocycles. The molecule has 0 bridgehead atoms. The SMILES string of the molecule is CCCCCCOc1ccc(C=O)c(C(F)(F)F)c1. The average Bonchev–Trinajstić information content (AvgIpc) is 2.37. The van der Waals surface area contributed by atoms with Gasteiger partial charge in [-0.3, -0.25) is 4.79 Å². The van der Waals surface area contributed by atoms with Gasteiger partial charge in [-0.25, -0.2) is 0 Å². The molecule has 0 aliphatic rings. The number of benzene rings is 1. The zero-order chi connectivity index (χ0) is 14.3. The Labute approximate surface area is 110 Å². The molecule has 0 aliphatic heterocycles. The molecule has 1 rings (SSSR count). The van der Waals surface area contributed by atoms with Crippen molar-refractivity contribution in [2.45, 2.75) is 38.8 Å². The van der Waals surface area contributed by atoms with Crippen molar-refractivity contribution < 1.29 is 22.7 Å². The van der Waals surface area contributed by atoms with Crippen LogP contribution in [0.15, 0.2) is 18.2 Å². The van der Waals surface area contributed by atoms with Crippen molar-refractivity contribution in [3.05, 3.63) is 29.3 Å². The Bertz CT molecular complexity index is 414. The van der Waals surface area contributed by atoms with Gasteiger partial charge >= 0.3 is 6.18 Å². The summed E-state index contributed by atoms with van der Waals surface area (Å²) in [7, 11) is 0. The Balaban J connectivity index is 2.68. The number of unbranched alkanes of at least 4 members (excludes halogenated alkanes) is 3. The average molecular weight is 274 g/mol. The van der Waals surface area contributed by atoms with Gasteiger partial charge < -0.3 is 4.74 Å². The van der Waals surface area contributed by atoms with Crippen molar-refractivity contribution >= 4 is 6.29 Å². The van der Waals surface area contributed by atoms with Crippen molar-refractivity contribution in [3.8, 4) is 5.75 Å². The van der Waals surface area contributed by atoms with E-state index in [0.717, 1.165) is 37.8 Å². The zero-order valence-electron chi connectivity index (χ0n) is 10.8. The maximum absolute atomic E-state index is 12.7. The molecule has 0 saturated heterocycles. The highest BCUT2D eigenvalue weighted by Gasteiger charge is 2.33. The highest BCUT2D eigenvalue weighted by atomic mass is 19.4. The molecule has 0 aromatic heterocycles. The predicted molar refractivity (Wildman–Crippen MR) is 66.5 cm³/mol. The molecule has 0 spiro atoms. The normalized spacial score (nSPS) is 11.4. The molecule has 0 atom stereocenters. The van der Waals surface area contributed by atoms with E-state index in [1.54, 1.807) is 0 Å². The standard InChI is InChI=1S/C14H17F3O2/c1-2-3-4-5-8-19-12-7-6-11(10-18)13(9-12)14(15,16)17/h6-7,9-10H,2-5,8H2,1H3. The Kier molecular flexibility index (Phi) is 5.86. The molecule has 2 nitrogen and oxygen atoms in total. The van der Waals surface area contributed by atoms with Gasteiger partial charge in [0, 0.05) is 5.56 Å². The van der Waals surface area contributed by atoms with Crippen molar-refractivity contribution in [3.63, 3.8) is 0 Å². The van der Waals surface area contributed by atoms with Gasteiger partial charge in [-0.05, 0) is 24.6 Å². The highest BCUT2D eigenvalue weighted by molar-refractivity contribution is 5.78. The lowest BCUT2D eigenvalue weighted by Crippen LogP contribution is -2.09. The molecule has 0 radical (unpaired) electrons. The third kappa shape index (κ3) is 4.93. The molecule has 1 aromatic rings. The van der Waals surface area contributed by atoms with Crippen molar-refractivity contribution in [1.82, 2.24) is 0 Å². The van der Waals surface area contributed by atoms with Crippen LogP contribution in [0.1, 0.15) is 48.5 Å². The molecule has 0 unspecified atom stereocenters. The summed E-state index contributed by atoms with van der Waals surface area (Å²) < 4.78 is 43.3. The second kappa shape index (κ2) is 7.16. The van der Waals surface area contributed by atoms with Crippen LogP contribution in [-0.4, -0.2) is 12.9 Å². The molecule has 0 aliphatic carbocycles. The third-order valence-corrected chi connectivity index (χ3v) is 2.72. The summed E-state index contributed by atoms with van der Waals surface area (Å²) in [4.78, 5) is 10.6. The van der Waals surface area contributed by atoms with Crippen LogP contribution >= 0.6 is 0 Å². The van der Waals surface area contributed by atoms with Crippen LogP contribution in [0.5, 0.6) is 5.75 Å². The van der Waals surface area contributed by atoms with E-state index in [0.29, 0.717) is 6.61 Å². The van der Waals surface area contributed by atoms with Gasteiger partial charge in [-0.15, -0.1) is 0 Å². The lowest BCUT2D eigenvalue weighted by atomic mass is 10.1. The van der Waals surface area contributed by atoms with Gasteiger partial charge in [0.2, 0.25) is 0 Å². The molecular weight excluding hydrogens is 257 g/mol. The zero-order valence-corrected chi connectivity index (χ0v) is 10.8. The molecular formula is C14H17F3O2. The third-order valence-electron chi connectivity index (χ3n) is 2.72. The number of rotatable bonds is 7. The van der Waals surface area contributed by atoms with Crippen LogP contribution in [0.4, 0.5) is 13.2 Å². The maximum atomic E-state index is 12.7. The first kappa shape index (κ1) is 15.5. The van der Waals surface area contributed by atoms with E-state index in [-0.39, 0.29) is 17.6 Å². The van der Waals surface area contributed by atoms with Crippen LogP contribution in [0, 0.1) is 0 Å². The fraction of sp³-hybridized carbons (Fsp3) is 0.500. The molecule has 5 heteroatoms. The lowest BCUT2D eigenvalue weighted by molar-refractivity contribution is -0.137. The van der Waals surface area contributed by atoms with Crippen molar-refractivity contribution in [2.75, 3.05) is 6.61 Å². The van der Waals surface area contributed by atoms with Gasteiger partial charge in [0.1, 0.15) is 5.75 Å². The summed E-state index contributed by atoms with van der Waals surface area (Å²) in [6.07, 6.45) is -0.362. The van der Waals surface area contributed by atoms with Crippen molar-refractivity contribution in [2.24, 2.45) is 0 Å². The topological polar surface area (TPSA) is 26.3 Å².